The molecular weight excluding hydrogens is 468 g/mol. The second kappa shape index (κ2) is 30.9. The highest BCUT2D eigenvalue weighted by Crippen LogP contribution is 2.39. The van der Waals surface area contributed by atoms with Crippen LogP contribution in [0.5, 0.6) is 0 Å². The Bertz CT molecular complexity index is 416. The van der Waals surface area contributed by atoms with Crippen LogP contribution in [-0.2, 0) is 0 Å². The van der Waals surface area contributed by atoms with E-state index in [1.165, 1.54) is 109 Å². The van der Waals surface area contributed by atoms with Gasteiger partial charge in [0.25, 0.3) is 0 Å². The van der Waals surface area contributed by atoms with E-state index in [4.69, 9.17) is 0 Å². The molecule has 0 heterocycles. The highest BCUT2D eigenvalue weighted by molar-refractivity contribution is 4.77. The Labute approximate surface area is 253 Å². The molecule has 3 aliphatic carbocycles. The summed E-state index contributed by atoms with van der Waals surface area (Å²) < 4.78 is 0. The quantitative estimate of drug-likeness (QED) is 0.239. The van der Waals surface area contributed by atoms with Crippen molar-refractivity contribution in [2.45, 2.75) is 218 Å². The van der Waals surface area contributed by atoms with Crippen molar-refractivity contribution in [3.8, 4) is 0 Å². The van der Waals surface area contributed by atoms with Crippen LogP contribution >= 0.6 is 0 Å². The van der Waals surface area contributed by atoms with Crippen molar-refractivity contribution < 1.29 is 0 Å². The van der Waals surface area contributed by atoms with Crippen LogP contribution in [0.1, 0.15) is 218 Å². The van der Waals surface area contributed by atoms with E-state index in [9.17, 15) is 0 Å². The fourth-order valence-corrected chi connectivity index (χ4v) is 7.43. The molecule has 0 radical (unpaired) electrons. The molecule has 0 spiro atoms. The molecule has 240 valence electrons. The second-order valence-electron chi connectivity index (χ2n) is 13.1. The van der Waals surface area contributed by atoms with Gasteiger partial charge in [-0.05, 0) is 54.8 Å². The van der Waals surface area contributed by atoms with Crippen LogP contribution in [-0.4, -0.2) is 0 Å². The third kappa shape index (κ3) is 22.3. The van der Waals surface area contributed by atoms with Crippen molar-refractivity contribution in [3.63, 3.8) is 0 Å². The van der Waals surface area contributed by atoms with Gasteiger partial charge >= 0.3 is 0 Å². The summed E-state index contributed by atoms with van der Waals surface area (Å²) in [5.41, 5.74) is 0. The molecule has 0 aliphatic heterocycles. The van der Waals surface area contributed by atoms with Gasteiger partial charge in [0.1, 0.15) is 0 Å². The highest BCUT2D eigenvalue weighted by Gasteiger charge is 2.25. The van der Waals surface area contributed by atoms with Crippen molar-refractivity contribution in [2.24, 2.45) is 35.5 Å². The summed E-state index contributed by atoms with van der Waals surface area (Å²) >= 11 is 0. The Morgan fingerprint density at radius 3 is 1.36 bits per heavy atom. The van der Waals surface area contributed by atoms with Gasteiger partial charge in [-0.1, -0.05) is 199 Å². The maximum Gasteiger partial charge on any atom is -0.0386 e. The molecule has 4 atom stereocenters. The summed E-state index contributed by atoms with van der Waals surface area (Å²) in [6.45, 7) is 17.8. The Kier molecular flexibility index (Phi) is 34.5. The average Bonchev–Trinajstić information content (AvgIpc) is 3.45. The molecule has 0 N–H and O–H groups in total. The minimum absolute atomic E-state index is 0. The summed E-state index contributed by atoms with van der Waals surface area (Å²) in [6.07, 6.45) is 34.7. The number of rotatable bonds is 11. The van der Waals surface area contributed by atoms with E-state index in [0.717, 1.165) is 35.5 Å². The van der Waals surface area contributed by atoms with E-state index in [2.05, 4.69) is 27.7 Å². The zero-order chi connectivity index (χ0) is 27.7. The minimum atomic E-state index is 0. The molecule has 0 aromatic heterocycles. The lowest BCUT2D eigenvalue weighted by Gasteiger charge is -2.32. The van der Waals surface area contributed by atoms with Gasteiger partial charge in [0.05, 0.1) is 0 Å². The van der Waals surface area contributed by atoms with Gasteiger partial charge in [0.2, 0.25) is 0 Å². The van der Waals surface area contributed by atoms with Gasteiger partial charge < -0.3 is 0 Å². The van der Waals surface area contributed by atoms with Crippen LogP contribution in [0, 0.1) is 35.5 Å². The smallest absolute Gasteiger partial charge is 0.0386 e. The number of hydrogen-bond acceptors (Lipinski definition) is 0. The SMILES string of the molecule is C.C.C1CCCCC1.CC.CC.CCCC(CC(C)CCC1CCCCCCC1CCC1CCCC1)C(C)C. The maximum absolute atomic E-state index is 2.56. The van der Waals surface area contributed by atoms with Crippen LogP contribution in [0.4, 0.5) is 0 Å². The normalized spacial score (nSPS) is 23.0. The van der Waals surface area contributed by atoms with Crippen LogP contribution in [0.15, 0.2) is 0 Å². The molecule has 4 unspecified atom stereocenters. The van der Waals surface area contributed by atoms with Crippen molar-refractivity contribution in [3.05, 3.63) is 0 Å². The van der Waals surface area contributed by atoms with E-state index >= 15 is 0 Å². The molecule has 3 fully saturated rings. The van der Waals surface area contributed by atoms with Gasteiger partial charge in [-0.25, -0.2) is 0 Å². The van der Waals surface area contributed by atoms with Gasteiger partial charge in [0.15, 0.2) is 0 Å². The molecule has 3 saturated carbocycles. The van der Waals surface area contributed by atoms with Gasteiger partial charge in [0, 0.05) is 0 Å². The van der Waals surface area contributed by atoms with Crippen molar-refractivity contribution in [1.82, 2.24) is 0 Å². The third-order valence-corrected chi connectivity index (χ3v) is 9.82. The molecule has 0 aromatic carbocycles. The van der Waals surface area contributed by atoms with Crippen molar-refractivity contribution >= 4 is 0 Å². The lowest BCUT2D eigenvalue weighted by Crippen LogP contribution is -2.20. The van der Waals surface area contributed by atoms with Crippen LogP contribution in [0.3, 0.4) is 0 Å². The van der Waals surface area contributed by atoms with E-state index in [-0.39, 0.29) is 14.9 Å². The first kappa shape index (κ1) is 43.5. The zero-order valence-electron chi connectivity index (χ0n) is 27.7. The van der Waals surface area contributed by atoms with E-state index < -0.39 is 0 Å². The summed E-state index contributed by atoms with van der Waals surface area (Å²) in [5, 5.41) is 0. The molecule has 3 aliphatic rings. The summed E-state index contributed by atoms with van der Waals surface area (Å²) in [7, 11) is 0. The molecular formula is C39H84. The standard InChI is InChI=1S/C27H52.C6H12.2C2H6.2CH4/c1-5-12-27(22(2)3)21-23(4)17-19-25-15-8-6-7-9-16-26(25)20-18-24-13-10-11-14-24;1-2-4-6-5-3-1;2*1-2;;/h22-27H,5-21H2,1-4H3;1-6H2;2*1-2H3;2*1H4. The Morgan fingerprint density at radius 2 is 0.923 bits per heavy atom. The second-order valence-corrected chi connectivity index (χ2v) is 13.1. The first-order valence-electron chi connectivity index (χ1n) is 18.1. The summed E-state index contributed by atoms with van der Waals surface area (Å²) in [4.78, 5) is 0. The van der Waals surface area contributed by atoms with Gasteiger partial charge in [-0.15, -0.1) is 0 Å². The van der Waals surface area contributed by atoms with Crippen molar-refractivity contribution in [1.29, 1.82) is 0 Å². The highest BCUT2D eigenvalue weighted by atomic mass is 14.3. The molecule has 0 bridgehead atoms. The largest absolute Gasteiger partial charge is 0.0776 e. The third-order valence-electron chi connectivity index (χ3n) is 9.82. The first-order valence-corrected chi connectivity index (χ1v) is 18.1. The molecule has 3 rings (SSSR count). The first-order chi connectivity index (χ1) is 18.1. The van der Waals surface area contributed by atoms with Gasteiger partial charge in [-0.2, -0.15) is 0 Å². The Hall–Kier alpha value is 0. The fourth-order valence-electron chi connectivity index (χ4n) is 7.43. The predicted octanol–water partition coefficient (Wildman–Crippen LogP) is 15.1. The van der Waals surface area contributed by atoms with E-state index in [1.807, 2.05) is 27.7 Å². The van der Waals surface area contributed by atoms with Crippen LogP contribution in [0.2, 0.25) is 0 Å². The fraction of sp³-hybridized carbons (Fsp3) is 1.00. The van der Waals surface area contributed by atoms with Gasteiger partial charge in [-0.3, -0.25) is 0 Å². The number of hydrogen-bond donors (Lipinski definition) is 0. The monoisotopic (exact) mass is 553 g/mol. The Morgan fingerprint density at radius 1 is 0.513 bits per heavy atom. The van der Waals surface area contributed by atoms with Crippen LogP contribution in [0.25, 0.3) is 0 Å². The Balaban J connectivity index is -0.000000925. The summed E-state index contributed by atoms with van der Waals surface area (Å²) in [6, 6.07) is 0. The topological polar surface area (TPSA) is 0 Å². The lowest BCUT2D eigenvalue weighted by molar-refractivity contribution is 0.199. The van der Waals surface area contributed by atoms with E-state index in [1.54, 1.807) is 38.5 Å². The van der Waals surface area contributed by atoms with Crippen molar-refractivity contribution in [2.75, 3.05) is 0 Å². The van der Waals surface area contributed by atoms with Crippen LogP contribution < -0.4 is 0 Å². The maximum atomic E-state index is 2.56. The molecule has 0 saturated heterocycles. The van der Waals surface area contributed by atoms with E-state index in [0.29, 0.717) is 0 Å². The minimum Gasteiger partial charge on any atom is -0.0776 e. The lowest BCUT2D eigenvalue weighted by atomic mass is 9.74. The molecule has 0 aromatic rings. The average molecular weight is 553 g/mol. The molecule has 0 amide bonds. The predicted molar refractivity (Wildman–Crippen MR) is 186 cm³/mol. The molecule has 0 heteroatoms. The zero-order valence-corrected chi connectivity index (χ0v) is 27.7. The summed E-state index contributed by atoms with van der Waals surface area (Å²) in [5.74, 6) is 5.97. The molecule has 0 nitrogen and oxygen atoms in total. The molecule has 39 heavy (non-hydrogen) atoms.